The zero-order chi connectivity index (χ0) is 30.3. The molecule has 1 atom stereocenters. The summed E-state index contributed by atoms with van der Waals surface area (Å²) >= 11 is 13.0. The highest BCUT2D eigenvalue weighted by Gasteiger charge is 2.35. The number of hydrogen-bond acceptors (Lipinski definition) is 5. The normalized spacial score (nSPS) is 14.3. The minimum absolute atomic E-state index is 0.0147. The Morgan fingerprint density at radius 3 is 2.24 bits per heavy atom. The van der Waals surface area contributed by atoms with E-state index in [0.29, 0.717) is 21.4 Å². The van der Waals surface area contributed by atoms with Crippen molar-refractivity contribution in [2.24, 2.45) is 0 Å². The lowest BCUT2D eigenvalue weighted by atomic mass is 10.0. The van der Waals surface area contributed by atoms with Crippen LogP contribution in [0.4, 0.5) is 5.69 Å². The minimum atomic E-state index is -3.91. The molecule has 0 heterocycles. The van der Waals surface area contributed by atoms with Crippen molar-refractivity contribution < 1.29 is 22.7 Å². The van der Waals surface area contributed by atoms with Gasteiger partial charge in [-0.25, -0.2) is 8.42 Å². The number of carbonyl (C=O) groups excluding carboxylic acids is 2. The van der Waals surface area contributed by atoms with Crippen molar-refractivity contribution >= 4 is 50.7 Å². The fraction of sp³-hybridized carbons (Fsp3) is 0.355. The van der Waals surface area contributed by atoms with Gasteiger partial charge in [0.05, 0.1) is 19.1 Å². The highest BCUT2D eigenvalue weighted by molar-refractivity contribution is 7.92. The fourth-order valence-electron chi connectivity index (χ4n) is 5.15. The van der Waals surface area contributed by atoms with Crippen LogP contribution in [0.15, 0.2) is 72.8 Å². The standard InChI is InChI=1S/C31H35Cl2N3O5S/c1-41-25-15-8-14-24(19-25)36(42(2,39)40)21-30(37)35(20-26-27(32)16-9-17-28(26)33)29(18-22-10-4-3-5-11-22)31(38)34-23-12-6-7-13-23/h3-5,8-11,14-17,19,23,29H,6-7,12-13,18,20-21H2,1-2H3,(H,34,38)/t29-/m1/s1. The first-order valence-corrected chi connectivity index (χ1v) is 16.4. The third kappa shape index (κ3) is 8.18. The maximum Gasteiger partial charge on any atom is 0.244 e. The van der Waals surface area contributed by atoms with Gasteiger partial charge in [-0.2, -0.15) is 0 Å². The van der Waals surface area contributed by atoms with Gasteiger partial charge in [0.1, 0.15) is 18.3 Å². The van der Waals surface area contributed by atoms with Crippen molar-refractivity contribution in [2.75, 3.05) is 24.2 Å². The molecule has 11 heteroatoms. The van der Waals surface area contributed by atoms with E-state index in [0.717, 1.165) is 41.8 Å². The zero-order valence-electron chi connectivity index (χ0n) is 23.6. The summed E-state index contributed by atoms with van der Waals surface area (Å²) in [5.41, 5.74) is 1.57. The van der Waals surface area contributed by atoms with Gasteiger partial charge in [0.15, 0.2) is 0 Å². The highest BCUT2D eigenvalue weighted by Crippen LogP contribution is 2.29. The van der Waals surface area contributed by atoms with Crippen LogP contribution in [0.25, 0.3) is 0 Å². The first-order valence-electron chi connectivity index (χ1n) is 13.7. The Morgan fingerprint density at radius 2 is 1.62 bits per heavy atom. The summed E-state index contributed by atoms with van der Waals surface area (Å²) in [5, 5.41) is 3.80. The number of nitrogens with one attached hydrogen (secondary N) is 1. The van der Waals surface area contributed by atoms with E-state index in [4.69, 9.17) is 27.9 Å². The van der Waals surface area contributed by atoms with Crippen LogP contribution in [0.1, 0.15) is 36.8 Å². The van der Waals surface area contributed by atoms with Crippen LogP contribution in [0.3, 0.4) is 0 Å². The fourth-order valence-corrected chi connectivity index (χ4v) is 6.51. The number of hydrogen-bond donors (Lipinski definition) is 1. The number of nitrogens with zero attached hydrogens (tertiary/aromatic N) is 2. The first kappa shape index (κ1) is 31.7. The number of halogens is 2. The molecule has 0 bridgehead atoms. The molecule has 0 aromatic heterocycles. The summed E-state index contributed by atoms with van der Waals surface area (Å²) in [5.74, 6) is -0.456. The molecular formula is C31H35Cl2N3O5S. The predicted molar refractivity (Wildman–Crippen MR) is 167 cm³/mol. The molecule has 42 heavy (non-hydrogen) atoms. The lowest BCUT2D eigenvalue weighted by Gasteiger charge is -2.34. The van der Waals surface area contributed by atoms with E-state index >= 15 is 0 Å². The van der Waals surface area contributed by atoms with E-state index in [1.54, 1.807) is 36.4 Å². The summed E-state index contributed by atoms with van der Waals surface area (Å²) in [6, 6.07) is 19.9. The van der Waals surface area contributed by atoms with E-state index in [9.17, 15) is 18.0 Å². The smallest absolute Gasteiger partial charge is 0.244 e. The van der Waals surface area contributed by atoms with Crippen LogP contribution in [-0.2, 0) is 32.6 Å². The van der Waals surface area contributed by atoms with Crippen LogP contribution in [-0.4, -0.2) is 57.1 Å². The van der Waals surface area contributed by atoms with E-state index in [1.165, 1.54) is 18.1 Å². The molecule has 0 saturated heterocycles. The Bertz CT molecular complexity index is 1480. The van der Waals surface area contributed by atoms with Crippen molar-refractivity contribution in [3.05, 3.63) is 94.0 Å². The molecule has 8 nitrogen and oxygen atoms in total. The van der Waals surface area contributed by atoms with Crippen molar-refractivity contribution in [1.29, 1.82) is 0 Å². The molecule has 2 amide bonds. The van der Waals surface area contributed by atoms with Crippen LogP contribution < -0.4 is 14.4 Å². The monoisotopic (exact) mass is 631 g/mol. The van der Waals surface area contributed by atoms with Crippen molar-refractivity contribution in [2.45, 2.75) is 50.7 Å². The van der Waals surface area contributed by atoms with Crippen molar-refractivity contribution in [3.63, 3.8) is 0 Å². The molecular weight excluding hydrogens is 597 g/mol. The van der Waals surface area contributed by atoms with Gasteiger partial charge in [0.2, 0.25) is 21.8 Å². The quantitative estimate of drug-likeness (QED) is 0.286. The third-order valence-electron chi connectivity index (χ3n) is 7.38. The number of ether oxygens (including phenoxy) is 1. The third-order valence-corrected chi connectivity index (χ3v) is 9.23. The van der Waals surface area contributed by atoms with Crippen molar-refractivity contribution in [1.82, 2.24) is 10.2 Å². The second kappa shape index (κ2) is 14.3. The first-order chi connectivity index (χ1) is 20.1. The maximum atomic E-state index is 14.3. The SMILES string of the molecule is COc1cccc(N(CC(=O)N(Cc2c(Cl)cccc2Cl)[C@H](Cc2ccccc2)C(=O)NC2CCCC2)S(C)(=O)=O)c1. The number of anilines is 1. The number of carbonyl (C=O) groups is 2. The number of sulfonamides is 1. The van der Waals surface area contributed by atoms with Gasteiger partial charge in [-0.1, -0.05) is 78.5 Å². The molecule has 1 fully saturated rings. The van der Waals surface area contributed by atoms with Gasteiger partial charge >= 0.3 is 0 Å². The molecule has 3 aromatic carbocycles. The van der Waals surface area contributed by atoms with E-state index in [2.05, 4.69) is 5.32 Å². The molecule has 3 aromatic rings. The van der Waals surface area contributed by atoms with Crippen molar-refractivity contribution in [3.8, 4) is 5.75 Å². The Labute approximate surface area is 257 Å². The molecule has 0 radical (unpaired) electrons. The molecule has 1 saturated carbocycles. The number of methoxy groups -OCH3 is 1. The largest absolute Gasteiger partial charge is 0.497 e. The molecule has 1 aliphatic carbocycles. The second-order valence-electron chi connectivity index (χ2n) is 10.4. The minimum Gasteiger partial charge on any atom is -0.497 e. The second-order valence-corrected chi connectivity index (χ2v) is 13.1. The topological polar surface area (TPSA) is 96.0 Å². The van der Waals surface area contributed by atoms with Gasteiger partial charge in [0.25, 0.3) is 0 Å². The van der Waals surface area contributed by atoms with Gasteiger partial charge < -0.3 is 15.0 Å². The summed E-state index contributed by atoms with van der Waals surface area (Å²) in [4.78, 5) is 29.6. The summed E-state index contributed by atoms with van der Waals surface area (Å²) in [6.07, 6.45) is 5.03. The number of benzene rings is 3. The molecule has 0 spiro atoms. The number of rotatable bonds is 12. The van der Waals surface area contributed by atoms with E-state index in [-0.39, 0.29) is 30.6 Å². The maximum absolute atomic E-state index is 14.3. The zero-order valence-corrected chi connectivity index (χ0v) is 26.0. The summed E-state index contributed by atoms with van der Waals surface area (Å²) < 4.78 is 32.2. The Hall–Kier alpha value is -3.27. The lowest BCUT2D eigenvalue weighted by molar-refractivity contribution is -0.140. The van der Waals surface area contributed by atoms with Gasteiger partial charge in [0, 0.05) is 40.7 Å². The molecule has 1 N–H and O–H groups in total. The lowest BCUT2D eigenvalue weighted by Crippen LogP contribution is -2.54. The molecule has 0 unspecified atom stereocenters. The van der Waals surface area contributed by atoms with E-state index in [1.807, 2.05) is 30.3 Å². The van der Waals surface area contributed by atoms with Gasteiger partial charge in [-0.3, -0.25) is 13.9 Å². The average Bonchev–Trinajstić information content (AvgIpc) is 3.47. The average molecular weight is 633 g/mol. The van der Waals surface area contributed by atoms with Crippen LogP contribution >= 0.6 is 23.2 Å². The van der Waals surface area contributed by atoms with Gasteiger partial charge in [-0.05, 0) is 42.7 Å². The van der Waals surface area contributed by atoms with Crippen LogP contribution in [0.2, 0.25) is 10.0 Å². The van der Waals surface area contributed by atoms with E-state index < -0.39 is 28.5 Å². The Morgan fingerprint density at radius 1 is 0.976 bits per heavy atom. The Balaban J connectivity index is 1.76. The summed E-state index contributed by atoms with van der Waals surface area (Å²) in [6.45, 7) is -0.640. The molecule has 4 rings (SSSR count). The summed E-state index contributed by atoms with van der Waals surface area (Å²) in [7, 11) is -2.43. The molecule has 224 valence electrons. The van der Waals surface area contributed by atoms with Crippen LogP contribution in [0.5, 0.6) is 5.75 Å². The molecule has 1 aliphatic rings. The molecule has 0 aliphatic heterocycles. The van der Waals surface area contributed by atoms with Gasteiger partial charge in [-0.15, -0.1) is 0 Å². The Kier molecular flexibility index (Phi) is 10.8. The predicted octanol–water partition coefficient (Wildman–Crippen LogP) is 5.47. The number of amides is 2. The van der Waals surface area contributed by atoms with Crippen LogP contribution in [0, 0.1) is 0 Å². The highest BCUT2D eigenvalue weighted by atomic mass is 35.5.